The van der Waals surface area contributed by atoms with E-state index in [-0.39, 0.29) is 11.9 Å². The molecule has 2 aromatic rings. The van der Waals surface area contributed by atoms with Crippen molar-refractivity contribution in [2.45, 2.75) is 45.3 Å². The molecule has 0 aliphatic carbocycles. The number of hydrogen-bond donors (Lipinski definition) is 0. The van der Waals surface area contributed by atoms with Crippen LogP contribution in [0.4, 0.5) is 4.79 Å². The first-order valence-electron chi connectivity index (χ1n) is 10.8. The van der Waals surface area contributed by atoms with Crippen LogP contribution < -0.4 is 4.74 Å². The maximum atomic E-state index is 13.6. The van der Waals surface area contributed by atoms with E-state index >= 15 is 0 Å². The molecule has 8 heteroatoms. The Bertz CT molecular complexity index is 905. The van der Waals surface area contributed by atoms with Gasteiger partial charge in [-0.3, -0.25) is 14.6 Å². The van der Waals surface area contributed by atoms with E-state index in [4.69, 9.17) is 4.74 Å². The molecule has 2 aliphatic heterocycles. The molecule has 7 nitrogen and oxygen atoms in total. The van der Waals surface area contributed by atoms with E-state index < -0.39 is 5.54 Å². The second kappa shape index (κ2) is 8.96. The van der Waals surface area contributed by atoms with Gasteiger partial charge in [-0.15, -0.1) is 11.3 Å². The molecular weight excluding hydrogens is 412 g/mol. The average Bonchev–Trinajstić information content (AvgIpc) is 3.34. The van der Waals surface area contributed by atoms with Gasteiger partial charge in [0.15, 0.2) is 0 Å². The second-order valence-electron chi connectivity index (χ2n) is 8.76. The Morgan fingerprint density at radius 1 is 1.13 bits per heavy atom. The summed E-state index contributed by atoms with van der Waals surface area (Å²) in [5, 5.41) is 3.08. The molecule has 1 spiro atoms. The molecule has 3 heterocycles. The molecule has 4 rings (SSSR count). The van der Waals surface area contributed by atoms with Gasteiger partial charge in [0.2, 0.25) is 0 Å². The monoisotopic (exact) mass is 442 g/mol. The number of methoxy groups -OCH3 is 1. The number of benzene rings is 1. The standard InChI is InChI=1S/C23H30N4O3S/c1-17(2)14-27-22(29)26(15-18-4-6-19(30-3)7-5-18)21(28)23(27)8-11-25(12-9-23)16-20-24-10-13-31-20/h4-7,10,13,17H,8-9,11-12,14-16H2,1-3H3. The van der Waals surface area contributed by atoms with E-state index in [1.807, 2.05) is 40.7 Å². The predicted octanol–water partition coefficient (Wildman–Crippen LogP) is 3.61. The fourth-order valence-electron chi connectivity index (χ4n) is 4.54. The number of thiazole rings is 1. The minimum atomic E-state index is -0.729. The predicted molar refractivity (Wildman–Crippen MR) is 120 cm³/mol. The van der Waals surface area contributed by atoms with Crippen LogP contribution in [0.3, 0.4) is 0 Å². The topological polar surface area (TPSA) is 66.0 Å². The van der Waals surface area contributed by atoms with Gasteiger partial charge < -0.3 is 9.64 Å². The van der Waals surface area contributed by atoms with Crippen LogP contribution in [0.2, 0.25) is 0 Å². The zero-order chi connectivity index (χ0) is 22.0. The minimum absolute atomic E-state index is 0.0529. The van der Waals surface area contributed by atoms with Crippen molar-refractivity contribution in [3.63, 3.8) is 0 Å². The first-order valence-corrected chi connectivity index (χ1v) is 11.7. The Labute approximate surface area is 187 Å². The van der Waals surface area contributed by atoms with Crippen LogP contribution in [0.25, 0.3) is 0 Å². The van der Waals surface area contributed by atoms with Gasteiger partial charge in [0.05, 0.1) is 20.2 Å². The number of nitrogens with zero attached hydrogens (tertiary/aromatic N) is 4. The van der Waals surface area contributed by atoms with Crippen molar-refractivity contribution >= 4 is 23.3 Å². The van der Waals surface area contributed by atoms with Gasteiger partial charge in [0.25, 0.3) is 5.91 Å². The Morgan fingerprint density at radius 2 is 1.84 bits per heavy atom. The molecule has 166 valence electrons. The number of carbonyl (C=O) groups excluding carboxylic acids is 2. The zero-order valence-electron chi connectivity index (χ0n) is 18.4. The van der Waals surface area contributed by atoms with Crippen LogP contribution in [0.1, 0.15) is 37.3 Å². The first kappa shape index (κ1) is 21.8. The summed E-state index contributed by atoms with van der Waals surface area (Å²) >= 11 is 1.65. The Kier molecular flexibility index (Phi) is 6.29. The lowest BCUT2D eigenvalue weighted by molar-refractivity contribution is -0.136. The maximum Gasteiger partial charge on any atom is 0.327 e. The quantitative estimate of drug-likeness (QED) is 0.613. The zero-order valence-corrected chi connectivity index (χ0v) is 19.2. The van der Waals surface area contributed by atoms with E-state index in [0.717, 1.165) is 36.0 Å². The average molecular weight is 443 g/mol. The van der Waals surface area contributed by atoms with Crippen molar-refractivity contribution in [1.29, 1.82) is 0 Å². The summed E-state index contributed by atoms with van der Waals surface area (Å²) in [5.41, 5.74) is 0.193. The highest BCUT2D eigenvalue weighted by atomic mass is 32.1. The number of piperidine rings is 1. The van der Waals surface area contributed by atoms with Gasteiger partial charge in [-0.25, -0.2) is 9.78 Å². The molecule has 2 saturated heterocycles. The highest BCUT2D eigenvalue weighted by molar-refractivity contribution is 7.09. The van der Waals surface area contributed by atoms with Crippen molar-refractivity contribution in [2.75, 3.05) is 26.7 Å². The van der Waals surface area contributed by atoms with Crippen molar-refractivity contribution < 1.29 is 14.3 Å². The summed E-state index contributed by atoms with van der Waals surface area (Å²) in [6.07, 6.45) is 3.15. The third kappa shape index (κ3) is 4.32. The third-order valence-corrected chi connectivity index (χ3v) is 6.96. The fourth-order valence-corrected chi connectivity index (χ4v) is 5.20. The summed E-state index contributed by atoms with van der Waals surface area (Å²) in [7, 11) is 1.62. The lowest BCUT2D eigenvalue weighted by Gasteiger charge is -2.42. The van der Waals surface area contributed by atoms with Crippen LogP contribution in [-0.2, 0) is 17.9 Å². The van der Waals surface area contributed by atoms with Crippen LogP contribution in [0.5, 0.6) is 5.75 Å². The van der Waals surface area contributed by atoms with Gasteiger partial charge >= 0.3 is 6.03 Å². The van der Waals surface area contributed by atoms with Gasteiger partial charge in [0, 0.05) is 31.2 Å². The van der Waals surface area contributed by atoms with E-state index in [0.29, 0.717) is 31.8 Å². The molecular formula is C23H30N4O3S. The van der Waals surface area contributed by atoms with E-state index in [9.17, 15) is 9.59 Å². The molecule has 3 amide bonds. The second-order valence-corrected chi connectivity index (χ2v) is 9.74. The summed E-state index contributed by atoms with van der Waals surface area (Å²) in [5.74, 6) is 0.999. The summed E-state index contributed by atoms with van der Waals surface area (Å²) in [6.45, 7) is 7.43. The first-order chi connectivity index (χ1) is 14.9. The van der Waals surface area contributed by atoms with Crippen LogP contribution in [0, 0.1) is 5.92 Å². The molecule has 0 atom stereocenters. The number of rotatable bonds is 7. The molecule has 31 heavy (non-hydrogen) atoms. The number of likely N-dealkylation sites (tertiary alicyclic amines) is 1. The number of imide groups is 1. The van der Waals surface area contributed by atoms with E-state index in [1.165, 1.54) is 4.90 Å². The van der Waals surface area contributed by atoms with Gasteiger partial charge in [-0.1, -0.05) is 26.0 Å². The van der Waals surface area contributed by atoms with Gasteiger partial charge in [-0.05, 0) is 36.5 Å². The molecule has 2 fully saturated rings. The molecule has 0 N–H and O–H groups in total. The fraction of sp³-hybridized carbons (Fsp3) is 0.522. The SMILES string of the molecule is COc1ccc(CN2C(=O)N(CC(C)C)C3(CCN(Cc4nccs4)CC3)C2=O)cc1. The Hall–Kier alpha value is -2.45. The number of amides is 3. The number of hydrogen-bond acceptors (Lipinski definition) is 6. The largest absolute Gasteiger partial charge is 0.497 e. The molecule has 0 saturated carbocycles. The van der Waals surface area contributed by atoms with Crippen molar-refractivity contribution in [3.05, 3.63) is 46.4 Å². The minimum Gasteiger partial charge on any atom is -0.497 e. The van der Waals surface area contributed by atoms with E-state index in [1.54, 1.807) is 18.4 Å². The number of ether oxygens (including phenoxy) is 1. The molecule has 2 aliphatic rings. The van der Waals surface area contributed by atoms with Crippen molar-refractivity contribution in [1.82, 2.24) is 19.7 Å². The number of aromatic nitrogens is 1. The lowest BCUT2D eigenvalue weighted by Crippen LogP contribution is -2.57. The molecule has 0 bridgehead atoms. The normalized spacial score (nSPS) is 19.1. The third-order valence-electron chi connectivity index (χ3n) is 6.19. The van der Waals surface area contributed by atoms with Crippen molar-refractivity contribution in [3.8, 4) is 5.75 Å². The summed E-state index contributed by atoms with van der Waals surface area (Å²) in [6, 6.07) is 7.38. The molecule has 0 radical (unpaired) electrons. The molecule has 1 aromatic carbocycles. The van der Waals surface area contributed by atoms with Crippen LogP contribution >= 0.6 is 11.3 Å². The highest BCUT2D eigenvalue weighted by Gasteiger charge is 2.57. The lowest BCUT2D eigenvalue weighted by atomic mass is 9.85. The molecule has 1 aromatic heterocycles. The smallest absolute Gasteiger partial charge is 0.327 e. The summed E-state index contributed by atoms with van der Waals surface area (Å²) < 4.78 is 5.22. The highest BCUT2D eigenvalue weighted by Crippen LogP contribution is 2.39. The number of carbonyl (C=O) groups is 2. The molecule has 0 unspecified atom stereocenters. The van der Waals surface area contributed by atoms with Crippen LogP contribution in [0.15, 0.2) is 35.8 Å². The van der Waals surface area contributed by atoms with E-state index in [2.05, 4.69) is 23.7 Å². The van der Waals surface area contributed by atoms with Gasteiger partial charge in [-0.2, -0.15) is 0 Å². The van der Waals surface area contributed by atoms with Gasteiger partial charge in [0.1, 0.15) is 16.3 Å². The Balaban J connectivity index is 1.52. The maximum absolute atomic E-state index is 13.6. The van der Waals surface area contributed by atoms with Crippen LogP contribution in [-0.4, -0.2) is 63.9 Å². The number of urea groups is 1. The summed E-state index contributed by atoms with van der Waals surface area (Å²) in [4.78, 5) is 37.0. The van der Waals surface area contributed by atoms with Crippen molar-refractivity contribution in [2.24, 2.45) is 5.92 Å². The Morgan fingerprint density at radius 3 is 2.42 bits per heavy atom.